The third-order valence-corrected chi connectivity index (χ3v) is 4.94. The number of benzene rings is 2. The van der Waals surface area contributed by atoms with Gasteiger partial charge in [-0.3, -0.25) is 0 Å². The molecule has 0 aliphatic rings. The summed E-state index contributed by atoms with van der Waals surface area (Å²) in [6, 6.07) is 14.1. The molecular weight excluding hydrogens is 288 g/mol. The highest BCUT2D eigenvalue weighted by Crippen LogP contribution is 2.35. The second kappa shape index (κ2) is 5.74. The van der Waals surface area contributed by atoms with E-state index in [1.165, 1.54) is 14.8 Å². The highest BCUT2D eigenvalue weighted by Gasteiger charge is 2.18. The van der Waals surface area contributed by atoms with E-state index in [0.717, 1.165) is 10.9 Å². The molecule has 2 nitrogen and oxygen atoms in total. The molecule has 1 aromatic heterocycles. The molecule has 3 aromatic rings. The molecular formula is C16H16O2S2. The van der Waals surface area contributed by atoms with Gasteiger partial charge < -0.3 is 10.2 Å². The zero-order valence-electron chi connectivity index (χ0n) is 10.9. The van der Waals surface area contributed by atoms with Crippen LogP contribution in [0, 0.1) is 0 Å². The number of hydrogen-bond acceptors (Lipinski definition) is 4. The molecule has 0 radical (unpaired) electrons. The average Bonchev–Trinajstić information content (AvgIpc) is 2.84. The Hall–Kier alpha value is -1.07. The van der Waals surface area contributed by atoms with Crippen LogP contribution in [0.4, 0.5) is 0 Å². The van der Waals surface area contributed by atoms with E-state index in [1.54, 1.807) is 11.3 Å². The summed E-state index contributed by atoms with van der Waals surface area (Å²) in [6.45, 7) is 0. The van der Waals surface area contributed by atoms with E-state index in [1.807, 2.05) is 30.3 Å². The molecule has 0 saturated carbocycles. The number of rotatable bonds is 4. The number of aliphatic hydroxyl groups is 2. The molecule has 3 rings (SSSR count). The van der Waals surface area contributed by atoms with Crippen molar-refractivity contribution in [3.05, 3.63) is 48.0 Å². The summed E-state index contributed by atoms with van der Waals surface area (Å²) < 4.78 is 2.44. The molecule has 0 amide bonds. The molecule has 0 saturated heterocycles. The maximum absolute atomic E-state index is 10.2. The number of thiol groups is 1. The lowest BCUT2D eigenvalue weighted by Crippen LogP contribution is -2.18. The van der Waals surface area contributed by atoms with E-state index in [2.05, 4.69) is 24.8 Å². The van der Waals surface area contributed by atoms with Crippen molar-refractivity contribution < 1.29 is 10.2 Å². The van der Waals surface area contributed by atoms with Gasteiger partial charge in [-0.2, -0.15) is 12.6 Å². The molecule has 2 unspecified atom stereocenters. The predicted molar refractivity (Wildman–Crippen MR) is 88.8 cm³/mol. The molecule has 0 aliphatic carbocycles. The molecule has 2 atom stereocenters. The summed E-state index contributed by atoms with van der Waals surface area (Å²) >= 11 is 5.84. The normalized spacial score (nSPS) is 14.8. The molecule has 0 bridgehead atoms. The van der Waals surface area contributed by atoms with Crippen molar-refractivity contribution >= 4 is 44.1 Å². The summed E-state index contributed by atoms with van der Waals surface area (Å²) in [5, 5.41) is 22.5. The lowest BCUT2D eigenvalue weighted by atomic mass is 10.0. The minimum atomic E-state index is -0.856. The van der Waals surface area contributed by atoms with E-state index >= 15 is 0 Å². The fourth-order valence-electron chi connectivity index (χ4n) is 2.44. The van der Waals surface area contributed by atoms with Gasteiger partial charge in [0.15, 0.2) is 0 Å². The Labute approximate surface area is 127 Å². The van der Waals surface area contributed by atoms with Crippen LogP contribution < -0.4 is 0 Å². The van der Waals surface area contributed by atoms with Gasteiger partial charge in [-0.05, 0) is 35.9 Å². The molecule has 0 aliphatic heterocycles. The summed E-state index contributed by atoms with van der Waals surface area (Å²) in [6.07, 6.45) is -1.15. The molecule has 2 N–H and O–H groups in total. The molecule has 4 heteroatoms. The van der Waals surface area contributed by atoms with Gasteiger partial charge in [0.1, 0.15) is 6.10 Å². The van der Waals surface area contributed by atoms with Gasteiger partial charge in [-0.1, -0.05) is 24.3 Å². The quantitative estimate of drug-likeness (QED) is 0.642. The van der Waals surface area contributed by atoms with Gasteiger partial charge in [0.2, 0.25) is 0 Å². The van der Waals surface area contributed by atoms with Crippen LogP contribution >= 0.6 is 24.0 Å². The van der Waals surface area contributed by atoms with Crippen molar-refractivity contribution in [3.63, 3.8) is 0 Å². The van der Waals surface area contributed by atoms with Crippen LogP contribution in [-0.4, -0.2) is 22.1 Å². The van der Waals surface area contributed by atoms with Crippen LogP contribution in [0.15, 0.2) is 42.5 Å². The summed E-state index contributed by atoms with van der Waals surface area (Å²) in [7, 11) is 0. The summed E-state index contributed by atoms with van der Waals surface area (Å²) in [5.41, 5.74) is 0.760. The molecule has 104 valence electrons. The lowest BCUT2D eigenvalue weighted by Gasteiger charge is -2.17. The molecule has 1 heterocycles. The summed E-state index contributed by atoms with van der Waals surface area (Å²) in [5.74, 6) is 0.557. The van der Waals surface area contributed by atoms with Crippen LogP contribution in [0.2, 0.25) is 0 Å². The standard InChI is InChI=1S/C16H16O2S2/c17-13(7-8-19)16(18)10-5-6-15-12(9-10)11-3-1-2-4-14(11)20-15/h1-6,9,13,16-19H,7-8H2. The van der Waals surface area contributed by atoms with E-state index in [9.17, 15) is 10.2 Å². The third kappa shape index (κ3) is 2.44. The Bertz CT molecular complexity index is 736. The van der Waals surface area contributed by atoms with Gasteiger partial charge >= 0.3 is 0 Å². The smallest absolute Gasteiger partial charge is 0.105 e. The number of thiophene rings is 1. The Morgan fingerprint density at radius 2 is 1.75 bits per heavy atom. The first-order valence-corrected chi connectivity index (χ1v) is 8.04. The van der Waals surface area contributed by atoms with Gasteiger partial charge in [-0.15, -0.1) is 11.3 Å². The van der Waals surface area contributed by atoms with Crippen molar-refractivity contribution in [2.75, 3.05) is 5.75 Å². The van der Waals surface area contributed by atoms with Crippen molar-refractivity contribution in [3.8, 4) is 0 Å². The first kappa shape index (κ1) is 13.9. The van der Waals surface area contributed by atoms with Gasteiger partial charge in [-0.25, -0.2) is 0 Å². The van der Waals surface area contributed by atoms with Crippen LogP contribution in [0.25, 0.3) is 20.2 Å². The monoisotopic (exact) mass is 304 g/mol. The fourth-order valence-corrected chi connectivity index (χ4v) is 3.79. The first-order valence-electron chi connectivity index (χ1n) is 6.59. The van der Waals surface area contributed by atoms with Crippen molar-refractivity contribution in [1.82, 2.24) is 0 Å². The van der Waals surface area contributed by atoms with E-state index < -0.39 is 12.2 Å². The van der Waals surface area contributed by atoms with Gasteiger partial charge in [0.25, 0.3) is 0 Å². The third-order valence-electron chi connectivity index (χ3n) is 3.53. The SMILES string of the molecule is OC(CCS)C(O)c1ccc2sc3ccccc3c2c1. The largest absolute Gasteiger partial charge is 0.390 e. The topological polar surface area (TPSA) is 40.5 Å². The highest BCUT2D eigenvalue weighted by atomic mass is 32.1. The Morgan fingerprint density at radius 1 is 1.00 bits per heavy atom. The maximum atomic E-state index is 10.2. The van der Waals surface area contributed by atoms with Gasteiger partial charge in [0.05, 0.1) is 6.10 Å². The number of hydrogen-bond donors (Lipinski definition) is 3. The second-order valence-electron chi connectivity index (χ2n) is 4.88. The molecule has 0 fully saturated rings. The predicted octanol–water partition coefficient (Wildman–Crippen LogP) is 3.77. The minimum Gasteiger partial charge on any atom is -0.390 e. The van der Waals surface area contributed by atoms with Crippen LogP contribution in [-0.2, 0) is 0 Å². The first-order chi connectivity index (χ1) is 9.70. The van der Waals surface area contributed by atoms with E-state index in [-0.39, 0.29) is 0 Å². The zero-order chi connectivity index (χ0) is 14.1. The Balaban J connectivity index is 2.07. The number of aliphatic hydroxyl groups excluding tert-OH is 2. The lowest BCUT2D eigenvalue weighted by molar-refractivity contribution is 0.0173. The van der Waals surface area contributed by atoms with Crippen LogP contribution in [0.3, 0.4) is 0 Å². The highest BCUT2D eigenvalue weighted by molar-refractivity contribution is 7.80. The van der Waals surface area contributed by atoms with Crippen molar-refractivity contribution in [2.45, 2.75) is 18.6 Å². The molecule has 2 aromatic carbocycles. The number of fused-ring (bicyclic) bond motifs is 3. The van der Waals surface area contributed by atoms with Crippen LogP contribution in [0.1, 0.15) is 18.1 Å². The van der Waals surface area contributed by atoms with Gasteiger partial charge in [0, 0.05) is 20.2 Å². The molecule has 0 spiro atoms. The Kier molecular flexibility index (Phi) is 3.98. The zero-order valence-corrected chi connectivity index (χ0v) is 12.6. The van der Waals surface area contributed by atoms with Crippen molar-refractivity contribution in [1.29, 1.82) is 0 Å². The minimum absolute atomic E-state index is 0.479. The maximum Gasteiger partial charge on any atom is 0.105 e. The molecule has 20 heavy (non-hydrogen) atoms. The van der Waals surface area contributed by atoms with E-state index in [4.69, 9.17) is 0 Å². The van der Waals surface area contributed by atoms with Crippen LogP contribution in [0.5, 0.6) is 0 Å². The van der Waals surface area contributed by atoms with Crippen molar-refractivity contribution in [2.24, 2.45) is 0 Å². The fraction of sp³-hybridized carbons (Fsp3) is 0.250. The van der Waals surface area contributed by atoms with E-state index in [0.29, 0.717) is 12.2 Å². The Morgan fingerprint density at radius 3 is 2.55 bits per heavy atom. The average molecular weight is 304 g/mol. The second-order valence-corrected chi connectivity index (χ2v) is 6.41. The summed E-state index contributed by atoms with van der Waals surface area (Å²) in [4.78, 5) is 0.